The number of aromatic nitrogens is 4. The molecular weight excluding hydrogens is 334 g/mol. The smallest absolute Gasteiger partial charge is 0.332 e. The first-order valence-corrected chi connectivity index (χ1v) is 8.96. The van der Waals surface area contributed by atoms with Crippen molar-refractivity contribution in [1.82, 2.24) is 24.0 Å². The molecule has 0 fully saturated rings. The summed E-state index contributed by atoms with van der Waals surface area (Å²) in [5, 5.41) is 10.6. The fourth-order valence-corrected chi connectivity index (χ4v) is 2.81. The Morgan fingerprint density at radius 1 is 1.27 bits per heavy atom. The molecule has 0 aliphatic heterocycles. The zero-order valence-electron chi connectivity index (χ0n) is 15.9. The van der Waals surface area contributed by atoms with Gasteiger partial charge in [0.05, 0.1) is 19.4 Å². The molecule has 0 radical (unpaired) electrons. The molecule has 26 heavy (non-hydrogen) atoms. The van der Waals surface area contributed by atoms with Crippen molar-refractivity contribution in [1.29, 1.82) is 0 Å². The largest absolute Gasteiger partial charge is 0.376 e. The summed E-state index contributed by atoms with van der Waals surface area (Å²) in [6.07, 6.45) is 2.12. The first-order valence-electron chi connectivity index (χ1n) is 8.96. The number of fused-ring (bicyclic) bond motifs is 1. The van der Waals surface area contributed by atoms with Gasteiger partial charge in [-0.3, -0.25) is 18.8 Å². The van der Waals surface area contributed by atoms with Gasteiger partial charge in [-0.05, 0) is 26.4 Å². The van der Waals surface area contributed by atoms with E-state index in [9.17, 15) is 14.7 Å². The third-order valence-corrected chi connectivity index (χ3v) is 4.26. The lowest BCUT2D eigenvalue weighted by Gasteiger charge is -2.19. The molecule has 0 spiro atoms. The Morgan fingerprint density at radius 3 is 2.58 bits per heavy atom. The molecule has 0 aromatic carbocycles. The van der Waals surface area contributed by atoms with E-state index in [0.717, 1.165) is 24.1 Å². The monoisotopic (exact) mass is 361 g/mol. The minimum atomic E-state index is -1.49. The molecule has 0 bridgehead atoms. The number of aliphatic hydroxyl groups is 1. The molecule has 2 heterocycles. The van der Waals surface area contributed by atoms with Crippen LogP contribution in [0.1, 0.15) is 34.1 Å². The lowest BCUT2D eigenvalue weighted by atomic mass is 10.1. The normalized spacial score (nSPS) is 13.6. The quantitative estimate of drug-likeness (QED) is 0.696. The Balaban J connectivity index is 2.40. The molecule has 8 nitrogen and oxygen atoms in total. The van der Waals surface area contributed by atoms with Gasteiger partial charge in [0, 0.05) is 6.54 Å². The summed E-state index contributed by atoms with van der Waals surface area (Å²) in [7, 11) is 0. The second kappa shape index (κ2) is 8.34. The minimum absolute atomic E-state index is 0.200. The minimum Gasteiger partial charge on any atom is -0.376 e. The van der Waals surface area contributed by atoms with Gasteiger partial charge in [-0.25, -0.2) is 9.78 Å². The van der Waals surface area contributed by atoms with Crippen molar-refractivity contribution in [3.05, 3.63) is 27.2 Å². The zero-order valence-corrected chi connectivity index (χ0v) is 15.9. The first-order chi connectivity index (χ1) is 12.3. The highest BCUT2D eigenvalue weighted by Crippen LogP contribution is 2.06. The third kappa shape index (κ3) is 4.23. The number of hydrogen-bond acceptors (Lipinski definition) is 5. The van der Waals surface area contributed by atoms with Crippen LogP contribution in [-0.4, -0.2) is 54.3 Å². The maximum Gasteiger partial charge on any atom is 0.332 e. The van der Waals surface area contributed by atoms with E-state index in [4.69, 9.17) is 0 Å². The molecule has 0 aliphatic rings. The van der Waals surface area contributed by atoms with Crippen LogP contribution in [0.5, 0.6) is 0 Å². The number of aromatic amines is 1. The van der Waals surface area contributed by atoms with Crippen molar-refractivity contribution in [2.24, 2.45) is 0 Å². The van der Waals surface area contributed by atoms with Crippen molar-refractivity contribution in [3.8, 4) is 11.8 Å². The molecule has 2 N–H and O–H groups in total. The maximum absolute atomic E-state index is 12.7. The Bertz CT molecular complexity index is 922. The lowest BCUT2D eigenvalue weighted by molar-refractivity contribution is 0.0986. The van der Waals surface area contributed by atoms with Gasteiger partial charge in [0.25, 0.3) is 5.56 Å². The predicted octanol–water partition coefficient (Wildman–Crippen LogP) is 0.393. The second-order valence-corrected chi connectivity index (χ2v) is 6.46. The molecule has 0 saturated heterocycles. The Labute approximate surface area is 152 Å². The molecular formula is C18H27N5O3. The lowest BCUT2D eigenvalue weighted by Crippen LogP contribution is -2.45. The van der Waals surface area contributed by atoms with E-state index >= 15 is 0 Å². The van der Waals surface area contributed by atoms with Crippen molar-refractivity contribution < 1.29 is 5.11 Å². The van der Waals surface area contributed by atoms with Crippen molar-refractivity contribution in [2.45, 2.75) is 52.8 Å². The standard InChI is InChI=1S/C18H27N5O3/c1-5-10-22-15-14(19-13-20-15)16(24)23(17(22)25)12-18(4,26)9-8-11-21(6-2)7-3/h13,26H,5-7,10-12H2,1-4H3,(H,19,20). The second-order valence-electron chi connectivity index (χ2n) is 6.46. The summed E-state index contributed by atoms with van der Waals surface area (Å²) in [4.78, 5) is 34.4. The fraction of sp³-hybridized carbons (Fsp3) is 0.611. The van der Waals surface area contributed by atoms with Crippen LogP contribution in [0.2, 0.25) is 0 Å². The van der Waals surface area contributed by atoms with E-state index in [0.29, 0.717) is 18.7 Å². The summed E-state index contributed by atoms with van der Waals surface area (Å²) in [5.41, 5.74) is -1.88. The fourth-order valence-electron chi connectivity index (χ4n) is 2.81. The molecule has 0 amide bonds. The summed E-state index contributed by atoms with van der Waals surface area (Å²) < 4.78 is 2.48. The Kier molecular flexibility index (Phi) is 6.40. The molecule has 1 unspecified atom stereocenters. The summed E-state index contributed by atoms with van der Waals surface area (Å²) in [6, 6.07) is 0. The van der Waals surface area contributed by atoms with Crippen LogP contribution in [0.15, 0.2) is 15.9 Å². The van der Waals surface area contributed by atoms with Gasteiger partial charge in [-0.1, -0.05) is 32.6 Å². The van der Waals surface area contributed by atoms with Crippen LogP contribution in [0.3, 0.4) is 0 Å². The van der Waals surface area contributed by atoms with Gasteiger partial charge in [0.15, 0.2) is 5.65 Å². The van der Waals surface area contributed by atoms with Crippen LogP contribution in [0.25, 0.3) is 11.2 Å². The van der Waals surface area contributed by atoms with E-state index < -0.39 is 16.9 Å². The van der Waals surface area contributed by atoms with Crippen molar-refractivity contribution in [2.75, 3.05) is 19.6 Å². The highest BCUT2D eigenvalue weighted by atomic mass is 16.3. The van der Waals surface area contributed by atoms with Gasteiger partial charge in [-0.15, -0.1) is 0 Å². The van der Waals surface area contributed by atoms with Crippen LogP contribution >= 0.6 is 0 Å². The average molecular weight is 361 g/mol. The first kappa shape index (κ1) is 19.9. The van der Waals surface area contributed by atoms with Crippen LogP contribution in [-0.2, 0) is 13.1 Å². The molecule has 2 rings (SSSR count). The number of rotatable bonds is 7. The summed E-state index contributed by atoms with van der Waals surface area (Å²) in [5.74, 6) is 5.72. The van der Waals surface area contributed by atoms with E-state index in [-0.39, 0.29) is 12.1 Å². The van der Waals surface area contributed by atoms with Crippen LogP contribution in [0.4, 0.5) is 0 Å². The topological polar surface area (TPSA) is 96.1 Å². The van der Waals surface area contributed by atoms with E-state index in [1.807, 2.05) is 20.8 Å². The average Bonchev–Trinajstić information content (AvgIpc) is 3.09. The Morgan fingerprint density at radius 2 is 1.96 bits per heavy atom. The van der Waals surface area contributed by atoms with E-state index in [1.54, 1.807) is 0 Å². The van der Waals surface area contributed by atoms with Gasteiger partial charge >= 0.3 is 5.69 Å². The molecule has 142 valence electrons. The van der Waals surface area contributed by atoms with Gasteiger partial charge in [0.2, 0.25) is 0 Å². The molecule has 0 saturated carbocycles. The van der Waals surface area contributed by atoms with Crippen LogP contribution < -0.4 is 11.2 Å². The van der Waals surface area contributed by atoms with Crippen LogP contribution in [0, 0.1) is 11.8 Å². The number of hydrogen-bond donors (Lipinski definition) is 2. The van der Waals surface area contributed by atoms with Gasteiger partial charge in [-0.2, -0.15) is 0 Å². The SMILES string of the molecule is CCCn1c(=O)n(CC(C)(O)C#CCN(CC)CC)c(=O)c2[nH]cnc21. The zero-order chi connectivity index (χ0) is 19.3. The molecule has 8 heteroatoms. The molecule has 2 aromatic rings. The number of nitrogens with zero attached hydrogens (tertiary/aromatic N) is 4. The Hall–Kier alpha value is -2.37. The predicted molar refractivity (Wildman–Crippen MR) is 101 cm³/mol. The van der Waals surface area contributed by atoms with Gasteiger partial charge in [0.1, 0.15) is 11.1 Å². The molecule has 1 atom stereocenters. The number of aryl methyl sites for hydroxylation is 1. The highest BCUT2D eigenvalue weighted by Gasteiger charge is 2.23. The summed E-state index contributed by atoms with van der Waals surface area (Å²) in [6.45, 7) is 10.0. The number of H-pyrrole nitrogens is 1. The van der Waals surface area contributed by atoms with Crippen molar-refractivity contribution in [3.63, 3.8) is 0 Å². The number of nitrogens with one attached hydrogen (secondary N) is 1. The highest BCUT2D eigenvalue weighted by molar-refractivity contribution is 5.68. The third-order valence-electron chi connectivity index (χ3n) is 4.26. The summed E-state index contributed by atoms with van der Waals surface area (Å²) >= 11 is 0. The van der Waals surface area contributed by atoms with E-state index in [1.165, 1.54) is 17.8 Å². The van der Waals surface area contributed by atoms with E-state index in [2.05, 4.69) is 26.7 Å². The molecule has 0 aliphatic carbocycles. The molecule has 2 aromatic heterocycles. The number of imidazole rings is 1. The maximum atomic E-state index is 12.7. The van der Waals surface area contributed by atoms with Crippen molar-refractivity contribution >= 4 is 11.2 Å². The van der Waals surface area contributed by atoms with Gasteiger partial charge < -0.3 is 10.1 Å².